The SMILES string of the molecule is CCC(=O)N1N=C2[C@H]([C@H]1c1ccco1)[C@H](C)[NH+](C)C[C@@H]2C. The molecule has 0 saturated carbocycles. The van der Waals surface area contributed by atoms with Crippen molar-refractivity contribution in [3.05, 3.63) is 24.2 Å². The number of hydrogen-bond donors (Lipinski definition) is 1. The highest BCUT2D eigenvalue weighted by atomic mass is 16.3. The molecule has 0 aliphatic carbocycles. The van der Waals surface area contributed by atoms with Crippen molar-refractivity contribution in [2.75, 3.05) is 13.6 Å². The number of piperidine rings is 1. The molecule has 1 aromatic rings. The zero-order chi connectivity index (χ0) is 15.1. The molecule has 0 radical (unpaired) electrons. The van der Waals surface area contributed by atoms with E-state index in [1.165, 1.54) is 4.90 Å². The van der Waals surface area contributed by atoms with Crippen molar-refractivity contribution in [3.8, 4) is 0 Å². The maximum absolute atomic E-state index is 12.3. The standard InChI is InChI=1S/C16H23N3O2/c1-5-13(20)19-16(12-7-6-8-21-12)14-11(3)18(4)9-10(2)15(14)17-19/h6-8,10-11,14,16H,5,9H2,1-4H3/p+1/t10-,11-,14+,16+/m0/s1. The maximum Gasteiger partial charge on any atom is 0.243 e. The van der Waals surface area contributed by atoms with Gasteiger partial charge in [-0.2, -0.15) is 5.10 Å². The fourth-order valence-corrected chi connectivity index (χ4v) is 3.73. The summed E-state index contributed by atoms with van der Waals surface area (Å²) in [6, 6.07) is 4.18. The van der Waals surface area contributed by atoms with Gasteiger partial charge in [0.15, 0.2) is 0 Å². The van der Waals surface area contributed by atoms with Gasteiger partial charge in [0.05, 0.1) is 37.5 Å². The minimum atomic E-state index is -0.0878. The largest absolute Gasteiger partial charge is 0.467 e. The number of likely N-dealkylation sites (tertiary alicyclic amines) is 1. The Hall–Kier alpha value is -1.62. The molecule has 0 bridgehead atoms. The predicted molar refractivity (Wildman–Crippen MR) is 79.9 cm³/mol. The van der Waals surface area contributed by atoms with E-state index in [0.717, 1.165) is 18.0 Å². The second-order valence-electron chi connectivity index (χ2n) is 6.34. The number of furan rings is 1. The van der Waals surface area contributed by atoms with Crippen molar-refractivity contribution >= 4 is 11.6 Å². The van der Waals surface area contributed by atoms with Crippen LogP contribution in [-0.2, 0) is 4.79 Å². The zero-order valence-electron chi connectivity index (χ0n) is 13.2. The lowest BCUT2D eigenvalue weighted by Crippen LogP contribution is -3.15. The number of hydrogen-bond acceptors (Lipinski definition) is 3. The number of amides is 1. The van der Waals surface area contributed by atoms with Crippen LogP contribution in [0.4, 0.5) is 0 Å². The van der Waals surface area contributed by atoms with E-state index in [4.69, 9.17) is 9.52 Å². The topological polar surface area (TPSA) is 50.2 Å². The number of carbonyl (C=O) groups excluding carboxylic acids is 1. The highest BCUT2D eigenvalue weighted by molar-refractivity contribution is 5.94. The Bertz CT molecular complexity index is 552. The Morgan fingerprint density at radius 2 is 2.29 bits per heavy atom. The Morgan fingerprint density at radius 3 is 2.90 bits per heavy atom. The van der Waals surface area contributed by atoms with Crippen LogP contribution in [0.3, 0.4) is 0 Å². The van der Waals surface area contributed by atoms with Gasteiger partial charge in [0.2, 0.25) is 5.91 Å². The second kappa shape index (κ2) is 5.30. The second-order valence-corrected chi connectivity index (χ2v) is 6.34. The molecule has 2 aliphatic heterocycles. The van der Waals surface area contributed by atoms with Gasteiger partial charge in [-0.3, -0.25) is 4.79 Å². The summed E-state index contributed by atoms with van der Waals surface area (Å²) >= 11 is 0. The molecule has 0 spiro atoms. The number of carbonyl (C=O) groups is 1. The molecule has 5 atom stereocenters. The fourth-order valence-electron chi connectivity index (χ4n) is 3.73. The summed E-state index contributed by atoms with van der Waals surface area (Å²) in [7, 11) is 2.22. The molecular weight excluding hydrogens is 266 g/mol. The van der Waals surface area contributed by atoms with Crippen LogP contribution in [0.25, 0.3) is 0 Å². The van der Waals surface area contributed by atoms with Crippen molar-refractivity contribution in [1.29, 1.82) is 0 Å². The molecule has 1 fully saturated rings. The van der Waals surface area contributed by atoms with Crippen LogP contribution in [-0.4, -0.2) is 36.3 Å². The smallest absolute Gasteiger partial charge is 0.243 e. The van der Waals surface area contributed by atoms with Crippen LogP contribution < -0.4 is 4.90 Å². The molecule has 3 heterocycles. The quantitative estimate of drug-likeness (QED) is 0.886. The molecule has 5 nitrogen and oxygen atoms in total. The first kappa shape index (κ1) is 14.3. The van der Waals surface area contributed by atoms with E-state index >= 15 is 0 Å². The summed E-state index contributed by atoms with van der Waals surface area (Å²) in [6.45, 7) is 7.40. The van der Waals surface area contributed by atoms with Gasteiger partial charge in [-0.05, 0) is 19.1 Å². The summed E-state index contributed by atoms with van der Waals surface area (Å²) in [6.07, 6.45) is 2.14. The lowest BCUT2D eigenvalue weighted by atomic mass is 9.78. The van der Waals surface area contributed by atoms with E-state index in [9.17, 15) is 4.79 Å². The van der Waals surface area contributed by atoms with Crippen LogP contribution in [0, 0.1) is 11.8 Å². The van der Waals surface area contributed by atoms with E-state index in [0.29, 0.717) is 18.4 Å². The maximum atomic E-state index is 12.3. The van der Waals surface area contributed by atoms with E-state index in [-0.39, 0.29) is 17.9 Å². The van der Waals surface area contributed by atoms with E-state index in [1.807, 2.05) is 19.1 Å². The molecule has 1 saturated heterocycles. The third-order valence-corrected chi connectivity index (χ3v) is 5.01. The summed E-state index contributed by atoms with van der Waals surface area (Å²) in [4.78, 5) is 13.8. The summed E-state index contributed by atoms with van der Waals surface area (Å²) in [5.74, 6) is 1.55. The normalized spacial score (nSPS) is 35.5. The lowest BCUT2D eigenvalue weighted by molar-refractivity contribution is -0.912. The van der Waals surface area contributed by atoms with E-state index in [2.05, 4.69) is 20.9 Å². The predicted octanol–water partition coefficient (Wildman–Crippen LogP) is 1.10. The molecule has 1 aromatic heterocycles. The van der Waals surface area contributed by atoms with Crippen LogP contribution in [0.15, 0.2) is 27.9 Å². The highest BCUT2D eigenvalue weighted by Crippen LogP contribution is 2.40. The van der Waals surface area contributed by atoms with Gasteiger partial charge in [0.25, 0.3) is 0 Å². The number of nitrogens with zero attached hydrogens (tertiary/aromatic N) is 2. The molecule has 1 unspecified atom stereocenters. The number of nitrogens with one attached hydrogen (secondary N) is 1. The van der Waals surface area contributed by atoms with Gasteiger partial charge in [0, 0.05) is 12.3 Å². The van der Waals surface area contributed by atoms with Crippen molar-refractivity contribution in [2.24, 2.45) is 16.9 Å². The number of quaternary nitrogens is 1. The molecule has 3 rings (SSSR count). The van der Waals surface area contributed by atoms with Gasteiger partial charge in [-0.15, -0.1) is 0 Å². The Kier molecular flexibility index (Phi) is 3.61. The van der Waals surface area contributed by atoms with Crippen LogP contribution in [0.1, 0.15) is 39.0 Å². The molecule has 1 amide bonds. The fraction of sp³-hybridized carbons (Fsp3) is 0.625. The first-order valence-electron chi connectivity index (χ1n) is 7.80. The average Bonchev–Trinajstić information content (AvgIpc) is 3.10. The molecule has 2 aliphatic rings. The first-order valence-corrected chi connectivity index (χ1v) is 7.80. The van der Waals surface area contributed by atoms with E-state index < -0.39 is 0 Å². The van der Waals surface area contributed by atoms with Gasteiger partial charge in [-0.25, -0.2) is 5.01 Å². The molecule has 5 heteroatoms. The lowest BCUT2D eigenvalue weighted by Gasteiger charge is -2.38. The Labute approximate surface area is 125 Å². The van der Waals surface area contributed by atoms with Crippen molar-refractivity contribution < 1.29 is 14.1 Å². The van der Waals surface area contributed by atoms with E-state index in [1.54, 1.807) is 11.3 Å². The minimum Gasteiger partial charge on any atom is -0.467 e. The minimum absolute atomic E-state index is 0.0651. The molecule has 1 N–H and O–H groups in total. The van der Waals surface area contributed by atoms with Crippen LogP contribution in [0.5, 0.6) is 0 Å². The van der Waals surface area contributed by atoms with Crippen LogP contribution in [0.2, 0.25) is 0 Å². The third kappa shape index (κ3) is 2.20. The van der Waals surface area contributed by atoms with Gasteiger partial charge < -0.3 is 9.32 Å². The van der Waals surface area contributed by atoms with Crippen molar-refractivity contribution in [1.82, 2.24) is 5.01 Å². The summed E-state index contributed by atoms with van der Waals surface area (Å²) in [5.41, 5.74) is 1.16. The molecular formula is C16H24N3O2+. The van der Waals surface area contributed by atoms with Crippen molar-refractivity contribution in [3.63, 3.8) is 0 Å². The van der Waals surface area contributed by atoms with Gasteiger partial charge in [0.1, 0.15) is 11.8 Å². The van der Waals surface area contributed by atoms with Gasteiger partial charge in [-0.1, -0.05) is 13.8 Å². The molecule has 0 aromatic carbocycles. The number of rotatable bonds is 2. The van der Waals surface area contributed by atoms with Crippen LogP contribution >= 0.6 is 0 Å². The monoisotopic (exact) mass is 290 g/mol. The average molecular weight is 290 g/mol. The highest BCUT2D eigenvalue weighted by Gasteiger charge is 2.51. The molecule has 21 heavy (non-hydrogen) atoms. The zero-order valence-corrected chi connectivity index (χ0v) is 13.2. The summed E-state index contributed by atoms with van der Waals surface area (Å²) in [5, 5.41) is 6.38. The number of hydrazone groups is 1. The molecule has 114 valence electrons. The Balaban J connectivity index is 2.04. The Morgan fingerprint density at radius 1 is 1.52 bits per heavy atom. The first-order chi connectivity index (χ1) is 10.0. The number of fused-ring (bicyclic) bond motifs is 1. The van der Waals surface area contributed by atoms with Gasteiger partial charge >= 0.3 is 0 Å². The third-order valence-electron chi connectivity index (χ3n) is 5.01. The van der Waals surface area contributed by atoms with Crippen molar-refractivity contribution in [2.45, 2.75) is 39.3 Å². The summed E-state index contributed by atoms with van der Waals surface area (Å²) < 4.78 is 5.63.